The summed E-state index contributed by atoms with van der Waals surface area (Å²) in [7, 11) is 2.05. The van der Waals surface area contributed by atoms with Gasteiger partial charge >= 0.3 is 0 Å². The van der Waals surface area contributed by atoms with E-state index in [1.807, 2.05) is 19.2 Å². The molecular formula is C14H21ClN2O. The second-order valence-corrected chi connectivity index (χ2v) is 5.33. The Morgan fingerprint density at radius 2 is 2.22 bits per heavy atom. The SMILES string of the molecule is CN(CCOCC1CC1)c1ccc(CN)c(Cl)c1. The smallest absolute Gasteiger partial charge is 0.0641 e. The molecule has 2 rings (SSSR count). The molecule has 0 spiro atoms. The monoisotopic (exact) mass is 268 g/mol. The van der Waals surface area contributed by atoms with Gasteiger partial charge in [0.25, 0.3) is 0 Å². The van der Waals surface area contributed by atoms with Crippen LogP contribution in [0.15, 0.2) is 18.2 Å². The average Bonchev–Trinajstić information content (AvgIpc) is 3.18. The van der Waals surface area contributed by atoms with Crippen LogP contribution in [-0.4, -0.2) is 26.8 Å². The van der Waals surface area contributed by atoms with Crippen LogP contribution < -0.4 is 10.6 Å². The summed E-state index contributed by atoms with van der Waals surface area (Å²) >= 11 is 6.15. The summed E-state index contributed by atoms with van der Waals surface area (Å²) < 4.78 is 5.63. The van der Waals surface area contributed by atoms with E-state index in [1.54, 1.807) is 0 Å². The van der Waals surface area contributed by atoms with E-state index in [-0.39, 0.29) is 0 Å². The highest BCUT2D eigenvalue weighted by molar-refractivity contribution is 6.31. The van der Waals surface area contributed by atoms with E-state index in [4.69, 9.17) is 22.1 Å². The minimum Gasteiger partial charge on any atom is -0.379 e. The third-order valence-corrected chi connectivity index (χ3v) is 3.67. The standard InChI is InChI=1S/C14H21ClN2O/c1-17(6-7-18-10-11-2-3-11)13-5-4-12(9-16)14(15)8-13/h4-5,8,11H,2-3,6-7,9-10,16H2,1H3. The zero-order valence-electron chi connectivity index (χ0n) is 10.9. The van der Waals surface area contributed by atoms with Crippen molar-refractivity contribution in [2.75, 3.05) is 31.7 Å². The number of hydrogen-bond acceptors (Lipinski definition) is 3. The first-order valence-electron chi connectivity index (χ1n) is 6.48. The minimum absolute atomic E-state index is 0.479. The Morgan fingerprint density at radius 3 is 2.83 bits per heavy atom. The molecule has 1 aromatic carbocycles. The summed E-state index contributed by atoms with van der Waals surface area (Å²) in [6.07, 6.45) is 2.68. The van der Waals surface area contributed by atoms with Crippen molar-refractivity contribution >= 4 is 17.3 Å². The third-order valence-electron chi connectivity index (χ3n) is 3.32. The normalized spacial score (nSPS) is 14.8. The Balaban J connectivity index is 1.79. The van der Waals surface area contributed by atoms with Crippen LogP contribution in [0.3, 0.4) is 0 Å². The van der Waals surface area contributed by atoms with Crippen LogP contribution in [0.4, 0.5) is 5.69 Å². The highest BCUT2D eigenvalue weighted by atomic mass is 35.5. The van der Waals surface area contributed by atoms with Gasteiger partial charge in [0, 0.05) is 37.5 Å². The second kappa shape index (κ2) is 6.41. The van der Waals surface area contributed by atoms with Crippen molar-refractivity contribution in [1.82, 2.24) is 0 Å². The minimum atomic E-state index is 0.479. The van der Waals surface area contributed by atoms with Crippen LogP contribution in [0.2, 0.25) is 5.02 Å². The van der Waals surface area contributed by atoms with Gasteiger partial charge in [-0.1, -0.05) is 17.7 Å². The van der Waals surface area contributed by atoms with E-state index in [2.05, 4.69) is 11.0 Å². The van der Waals surface area contributed by atoms with Gasteiger partial charge in [-0.25, -0.2) is 0 Å². The maximum Gasteiger partial charge on any atom is 0.0641 e. The summed E-state index contributed by atoms with van der Waals surface area (Å²) in [5.41, 5.74) is 7.68. The number of hydrogen-bond donors (Lipinski definition) is 1. The zero-order chi connectivity index (χ0) is 13.0. The molecule has 2 N–H and O–H groups in total. The van der Waals surface area contributed by atoms with Gasteiger partial charge in [-0.15, -0.1) is 0 Å². The van der Waals surface area contributed by atoms with Crippen LogP contribution in [0, 0.1) is 5.92 Å². The summed E-state index contributed by atoms with van der Waals surface area (Å²) in [4.78, 5) is 2.15. The van der Waals surface area contributed by atoms with Gasteiger partial charge in [-0.05, 0) is 36.5 Å². The molecule has 0 saturated heterocycles. The Morgan fingerprint density at radius 1 is 1.44 bits per heavy atom. The maximum atomic E-state index is 6.15. The van der Waals surface area contributed by atoms with Crippen molar-refractivity contribution in [2.24, 2.45) is 11.7 Å². The van der Waals surface area contributed by atoms with Crippen molar-refractivity contribution in [2.45, 2.75) is 19.4 Å². The summed E-state index contributed by atoms with van der Waals surface area (Å²) in [6.45, 7) is 3.04. The molecule has 1 fully saturated rings. The molecule has 0 aromatic heterocycles. The van der Waals surface area contributed by atoms with Gasteiger partial charge in [-0.3, -0.25) is 0 Å². The fraction of sp³-hybridized carbons (Fsp3) is 0.571. The van der Waals surface area contributed by atoms with E-state index >= 15 is 0 Å². The van der Waals surface area contributed by atoms with Gasteiger partial charge in [0.15, 0.2) is 0 Å². The molecule has 0 bridgehead atoms. The molecule has 0 aliphatic heterocycles. The van der Waals surface area contributed by atoms with Gasteiger partial charge in [-0.2, -0.15) is 0 Å². The average molecular weight is 269 g/mol. The predicted octanol–water partition coefficient (Wildman–Crippen LogP) is 2.66. The zero-order valence-corrected chi connectivity index (χ0v) is 11.6. The largest absolute Gasteiger partial charge is 0.379 e. The number of ether oxygens (including phenoxy) is 1. The van der Waals surface area contributed by atoms with Crippen molar-refractivity contribution in [1.29, 1.82) is 0 Å². The van der Waals surface area contributed by atoms with Gasteiger partial charge in [0.2, 0.25) is 0 Å². The topological polar surface area (TPSA) is 38.5 Å². The van der Waals surface area contributed by atoms with Crippen LogP contribution in [0.1, 0.15) is 18.4 Å². The first-order valence-corrected chi connectivity index (χ1v) is 6.86. The third kappa shape index (κ3) is 3.87. The van der Waals surface area contributed by atoms with Gasteiger partial charge in [0.1, 0.15) is 0 Å². The lowest BCUT2D eigenvalue weighted by molar-refractivity contribution is 0.131. The highest BCUT2D eigenvalue weighted by Gasteiger charge is 2.20. The Labute approximate surface area is 114 Å². The van der Waals surface area contributed by atoms with Gasteiger partial charge in [0.05, 0.1) is 6.61 Å². The van der Waals surface area contributed by atoms with Gasteiger partial charge < -0.3 is 15.4 Å². The van der Waals surface area contributed by atoms with Crippen LogP contribution in [-0.2, 0) is 11.3 Å². The van der Waals surface area contributed by atoms with E-state index < -0.39 is 0 Å². The fourth-order valence-corrected chi connectivity index (χ4v) is 2.06. The number of likely N-dealkylation sites (N-methyl/N-ethyl adjacent to an activating group) is 1. The fourth-order valence-electron chi connectivity index (χ4n) is 1.80. The van der Waals surface area contributed by atoms with Crippen LogP contribution in [0.25, 0.3) is 0 Å². The molecule has 1 aliphatic rings. The van der Waals surface area contributed by atoms with Crippen molar-refractivity contribution < 1.29 is 4.74 Å². The Bertz CT molecular complexity index is 393. The Kier molecular flexibility index (Phi) is 4.87. The Hall–Kier alpha value is -0.770. The molecule has 0 heterocycles. The van der Waals surface area contributed by atoms with Crippen LogP contribution >= 0.6 is 11.6 Å². The number of nitrogens with two attached hydrogens (primary N) is 1. The molecule has 18 heavy (non-hydrogen) atoms. The molecule has 1 saturated carbocycles. The van der Waals surface area contributed by atoms with E-state index in [1.165, 1.54) is 12.8 Å². The van der Waals surface area contributed by atoms with Crippen molar-refractivity contribution in [3.05, 3.63) is 28.8 Å². The molecule has 1 aliphatic carbocycles. The number of halogens is 1. The second-order valence-electron chi connectivity index (χ2n) is 4.92. The lowest BCUT2D eigenvalue weighted by atomic mass is 10.2. The molecule has 100 valence electrons. The molecule has 4 heteroatoms. The molecule has 0 radical (unpaired) electrons. The molecule has 3 nitrogen and oxygen atoms in total. The molecule has 0 unspecified atom stereocenters. The van der Waals surface area contributed by atoms with E-state index in [0.717, 1.165) is 41.9 Å². The maximum absolute atomic E-state index is 6.15. The number of anilines is 1. The lowest BCUT2D eigenvalue weighted by Gasteiger charge is -2.20. The summed E-state index contributed by atoms with van der Waals surface area (Å²) in [5, 5.41) is 0.737. The van der Waals surface area contributed by atoms with Crippen molar-refractivity contribution in [3.63, 3.8) is 0 Å². The first-order chi connectivity index (χ1) is 8.70. The molecule has 1 aromatic rings. The molecule has 0 atom stereocenters. The first kappa shape index (κ1) is 13.7. The number of benzene rings is 1. The number of rotatable bonds is 7. The molecular weight excluding hydrogens is 248 g/mol. The quantitative estimate of drug-likeness (QED) is 0.773. The molecule has 0 amide bonds. The summed E-state index contributed by atoms with van der Waals surface area (Å²) in [5.74, 6) is 0.827. The predicted molar refractivity (Wildman–Crippen MR) is 76.2 cm³/mol. The summed E-state index contributed by atoms with van der Waals surface area (Å²) in [6, 6.07) is 6.00. The van der Waals surface area contributed by atoms with Crippen LogP contribution in [0.5, 0.6) is 0 Å². The van der Waals surface area contributed by atoms with Crippen molar-refractivity contribution in [3.8, 4) is 0 Å². The van der Waals surface area contributed by atoms with E-state index in [0.29, 0.717) is 6.54 Å². The highest BCUT2D eigenvalue weighted by Crippen LogP contribution is 2.28. The van der Waals surface area contributed by atoms with E-state index in [9.17, 15) is 0 Å². The number of nitrogens with zero attached hydrogens (tertiary/aromatic N) is 1. The lowest BCUT2D eigenvalue weighted by Crippen LogP contribution is -2.23.